The van der Waals surface area contributed by atoms with Crippen molar-refractivity contribution in [3.63, 3.8) is 0 Å². The van der Waals surface area contributed by atoms with E-state index >= 15 is 0 Å². The predicted octanol–water partition coefficient (Wildman–Crippen LogP) is 2.98. The number of amides is 2. The molecule has 5 rings (SSSR count). The smallest absolute Gasteiger partial charge is 0.279 e. The molecule has 3 aromatic heterocycles. The first-order valence-corrected chi connectivity index (χ1v) is 12.2. The number of nitrogens with one attached hydrogen (secondary N) is 1. The summed E-state index contributed by atoms with van der Waals surface area (Å²) in [6.07, 6.45) is 5.77. The third-order valence-corrected chi connectivity index (χ3v) is 6.68. The highest BCUT2D eigenvalue weighted by Crippen LogP contribution is 2.43. The molecule has 4 heterocycles. The van der Waals surface area contributed by atoms with Crippen LogP contribution in [-0.2, 0) is 10.0 Å². The summed E-state index contributed by atoms with van der Waals surface area (Å²) >= 11 is 0. The van der Waals surface area contributed by atoms with Crippen molar-refractivity contribution in [2.45, 2.75) is 4.90 Å². The van der Waals surface area contributed by atoms with Crippen LogP contribution in [0.1, 0.15) is 10.4 Å². The summed E-state index contributed by atoms with van der Waals surface area (Å²) in [5.41, 5.74) is 0.801. The third kappa shape index (κ3) is 4.38. The average molecular weight is 519 g/mol. The van der Waals surface area contributed by atoms with E-state index in [1.54, 1.807) is 18.2 Å². The van der Waals surface area contributed by atoms with E-state index in [0.29, 0.717) is 5.69 Å². The number of nitrogens with zero attached hydrogens (tertiary/aromatic N) is 9. The van der Waals surface area contributed by atoms with E-state index in [-0.39, 0.29) is 33.7 Å². The van der Waals surface area contributed by atoms with Crippen LogP contribution in [0, 0.1) is 0 Å². The summed E-state index contributed by atoms with van der Waals surface area (Å²) in [6, 6.07) is 9.98. The Morgan fingerprint density at radius 3 is 2.35 bits per heavy atom. The van der Waals surface area contributed by atoms with Crippen LogP contribution in [-0.4, -0.2) is 59.2 Å². The van der Waals surface area contributed by atoms with Crippen LogP contribution in [0.3, 0.4) is 0 Å². The van der Waals surface area contributed by atoms with E-state index in [2.05, 4.69) is 35.0 Å². The highest BCUT2D eigenvalue weighted by atomic mass is 32.2. The van der Waals surface area contributed by atoms with Gasteiger partial charge in [-0.2, -0.15) is 9.80 Å². The van der Waals surface area contributed by atoms with Gasteiger partial charge in [0.25, 0.3) is 15.9 Å². The number of azo groups is 1. The molecule has 0 aliphatic carbocycles. The minimum Gasteiger partial charge on any atom is -0.279 e. The Hall–Kier alpha value is -5.05. The van der Waals surface area contributed by atoms with Crippen LogP contribution in [0.4, 0.5) is 33.8 Å². The van der Waals surface area contributed by atoms with Gasteiger partial charge < -0.3 is 0 Å². The van der Waals surface area contributed by atoms with Gasteiger partial charge in [0.1, 0.15) is 0 Å². The van der Waals surface area contributed by atoms with Crippen molar-refractivity contribution in [2.24, 2.45) is 10.2 Å². The lowest BCUT2D eigenvalue weighted by atomic mass is 10.2. The summed E-state index contributed by atoms with van der Waals surface area (Å²) in [5.74, 6) is -0.265. The molecule has 0 unspecified atom stereocenters. The summed E-state index contributed by atoms with van der Waals surface area (Å²) in [7, 11) is -0.914. The average Bonchev–Trinajstić information content (AvgIpc) is 3.26. The van der Waals surface area contributed by atoms with Crippen molar-refractivity contribution in [3.05, 3.63) is 72.8 Å². The molecule has 2 amide bonds. The number of fused-ring (bicyclic) bond motifs is 2. The highest BCUT2D eigenvalue weighted by molar-refractivity contribution is 7.92. The number of urea groups is 1. The predicted molar refractivity (Wildman–Crippen MR) is 132 cm³/mol. The van der Waals surface area contributed by atoms with Crippen molar-refractivity contribution in [1.29, 1.82) is 0 Å². The molecule has 0 spiro atoms. The van der Waals surface area contributed by atoms with Gasteiger partial charge in [-0.3, -0.25) is 19.6 Å². The monoisotopic (exact) mass is 518 g/mol. The first-order valence-electron chi connectivity index (χ1n) is 10.7. The highest BCUT2D eigenvalue weighted by Gasteiger charge is 2.37. The molecule has 14 nitrogen and oxygen atoms in total. The van der Waals surface area contributed by atoms with Crippen LogP contribution in [0.25, 0.3) is 0 Å². The zero-order valence-corrected chi connectivity index (χ0v) is 20.2. The maximum Gasteiger partial charge on any atom is 0.330 e. The van der Waals surface area contributed by atoms with E-state index in [4.69, 9.17) is 0 Å². The molecule has 1 N–H and O–H groups in total. The number of rotatable bonds is 6. The molecule has 15 heteroatoms. The third-order valence-electron chi connectivity index (χ3n) is 5.33. The molecule has 0 atom stereocenters. The zero-order chi connectivity index (χ0) is 26.2. The Morgan fingerprint density at radius 1 is 0.946 bits per heavy atom. The van der Waals surface area contributed by atoms with Crippen LogP contribution in [0.2, 0.25) is 0 Å². The largest absolute Gasteiger partial charge is 0.330 e. The quantitative estimate of drug-likeness (QED) is 0.380. The van der Waals surface area contributed by atoms with E-state index in [1.165, 1.54) is 72.9 Å². The number of benzene rings is 1. The number of carbonyl (C=O) groups excluding carboxylic acids is 2. The molecule has 1 aliphatic rings. The lowest BCUT2D eigenvalue weighted by Crippen LogP contribution is -2.41. The fourth-order valence-corrected chi connectivity index (χ4v) is 4.45. The van der Waals surface area contributed by atoms with Crippen molar-refractivity contribution < 1.29 is 18.0 Å². The fraction of sp³-hybridized carbons (Fsp3) is 0.0909. The standard InChI is InChI=1S/C22H18N10O4S/c1-30-18-17(19(31(2)22(30)34)32(28-18)20(33)14-5-3-10-23-13-14)27-26-15-6-8-16(9-7-15)37(35,36)29-21-24-11-4-12-25-21/h3-13H,1-2H3,(H,24,25,29). The Morgan fingerprint density at radius 2 is 1.68 bits per heavy atom. The van der Waals surface area contributed by atoms with Crippen LogP contribution < -0.4 is 14.5 Å². The Balaban J connectivity index is 1.45. The summed E-state index contributed by atoms with van der Waals surface area (Å²) < 4.78 is 28.5. The van der Waals surface area contributed by atoms with Crippen molar-refractivity contribution >= 4 is 50.9 Å². The van der Waals surface area contributed by atoms with Gasteiger partial charge in [-0.25, -0.2) is 27.9 Å². The molecule has 4 aromatic rings. The molecule has 37 heavy (non-hydrogen) atoms. The first kappa shape index (κ1) is 23.7. The molecule has 186 valence electrons. The number of hydrogen-bond donors (Lipinski definition) is 1. The van der Waals surface area contributed by atoms with Gasteiger partial charge in [-0.15, -0.1) is 10.2 Å². The second-order valence-corrected chi connectivity index (χ2v) is 9.41. The van der Waals surface area contributed by atoms with E-state index in [9.17, 15) is 18.0 Å². The van der Waals surface area contributed by atoms with E-state index in [0.717, 1.165) is 4.68 Å². The van der Waals surface area contributed by atoms with Gasteiger partial charge in [0.2, 0.25) is 5.95 Å². The summed E-state index contributed by atoms with van der Waals surface area (Å²) in [4.78, 5) is 39.8. The lowest BCUT2D eigenvalue weighted by Gasteiger charge is -2.26. The van der Waals surface area contributed by atoms with Gasteiger partial charge in [0.15, 0.2) is 17.3 Å². The van der Waals surface area contributed by atoms with Crippen LogP contribution in [0.15, 0.2) is 82.4 Å². The second kappa shape index (κ2) is 9.19. The summed E-state index contributed by atoms with van der Waals surface area (Å²) in [5, 5.41) is 12.7. The maximum absolute atomic E-state index is 13.1. The van der Waals surface area contributed by atoms with E-state index < -0.39 is 22.0 Å². The Bertz CT molecular complexity index is 1620. The van der Waals surface area contributed by atoms with Crippen molar-refractivity contribution in [1.82, 2.24) is 24.7 Å². The number of aromatic nitrogens is 5. The SMILES string of the molecule is CN1C(=O)N(C)c2c(N=Nc3ccc(S(=O)(=O)Nc4ncccn4)cc3)c1nn2C(=O)c1cccnc1. The Labute approximate surface area is 210 Å². The van der Waals surface area contributed by atoms with E-state index in [1.807, 2.05) is 0 Å². The number of anilines is 3. The molecule has 1 aromatic carbocycles. The molecule has 0 fully saturated rings. The normalized spacial score (nSPS) is 13.3. The molecule has 0 saturated heterocycles. The number of sulfonamides is 1. The molecule has 1 aliphatic heterocycles. The summed E-state index contributed by atoms with van der Waals surface area (Å²) in [6.45, 7) is 0. The van der Waals surface area contributed by atoms with Crippen molar-refractivity contribution in [3.8, 4) is 0 Å². The number of carbonyl (C=O) groups is 2. The topological polar surface area (TPSA) is 168 Å². The molecule has 2 bridgehead atoms. The minimum atomic E-state index is -3.91. The van der Waals surface area contributed by atoms with Gasteiger partial charge >= 0.3 is 6.03 Å². The van der Waals surface area contributed by atoms with Crippen LogP contribution in [0.5, 0.6) is 0 Å². The zero-order valence-electron chi connectivity index (χ0n) is 19.4. The lowest BCUT2D eigenvalue weighted by molar-refractivity contribution is 0.0947. The van der Waals surface area contributed by atoms with Gasteiger partial charge in [0.05, 0.1) is 16.1 Å². The van der Waals surface area contributed by atoms with Crippen molar-refractivity contribution in [2.75, 3.05) is 28.6 Å². The van der Waals surface area contributed by atoms with Crippen LogP contribution >= 0.6 is 0 Å². The first-order chi connectivity index (χ1) is 17.8. The molecular weight excluding hydrogens is 500 g/mol. The maximum atomic E-state index is 13.1. The molecular formula is C22H18N10O4S. The molecule has 0 radical (unpaired) electrons. The van der Waals surface area contributed by atoms with Gasteiger partial charge in [0, 0.05) is 38.9 Å². The Kier molecular flexibility index (Phi) is 5.88. The number of pyridine rings is 1. The van der Waals surface area contributed by atoms with Gasteiger partial charge in [-0.05, 0) is 42.5 Å². The second-order valence-electron chi connectivity index (χ2n) is 7.73. The molecule has 0 saturated carbocycles. The minimum absolute atomic E-state index is 0.0265. The van der Waals surface area contributed by atoms with Gasteiger partial charge in [-0.1, -0.05) is 0 Å². The fourth-order valence-electron chi connectivity index (χ4n) is 3.50. The number of hydrogen-bond acceptors (Lipinski definition) is 10.